The zero-order valence-corrected chi connectivity index (χ0v) is 22.3. The molecule has 1 atom stereocenters. The fraction of sp³-hybridized carbons (Fsp3) is 0.300. The molecule has 1 saturated heterocycles. The van der Waals surface area contributed by atoms with Crippen LogP contribution in [0.5, 0.6) is 11.5 Å². The summed E-state index contributed by atoms with van der Waals surface area (Å²) in [4.78, 5) is 25.4. The summed E-state index contributed by atoms with van der Waals surface area (Å²) in [5.41, 5.74) is 2.37. The lowest BCUT2D eigenvalue weighted by Crippen LogP contribution is -2.36. The Morgan fingerprint density at radius 1 is 1.03 bits per heavy atom. The van der Waals surface area contributed by atoms with Crippen molar-refractivity contribution in [2.24, 2.45) is 11.0 Å². The summed E-state index contributed by atoms with van der Waals surface area (Å²) in [5.74, 6) is 0.799. The van der Waals surface area contributed by atoms with Crippen molar-refractivity contribution in [1.82, 2.24) is 5.01 Å². The molecule has 8 nitrogen and oxygen atoms in total. The summed E-state index contributed by atoms with van der Waals surface area (Å²) in [6, 6.07) is 17.4. The molecule has 2 N–H and O–H groups in total. The number of hydrogen-bond acceptors (Lipinski definition) is 6. The van der Waals surface area contributed by atoms with E-state index in [2.05, 4.69) is 29.6 Å². The van der Waals surface area contributed by atoms with Gasteiger partial charge in [-0.2, -0.15) is 5.10 Å². The molecule has 1 heterocycles. The number of benzene rings is 3. The van der Waals surface area contributed by atoms with Gasteiger partial charge in [-0.25, -0.2) is 4.39 Å². The molecule has 39 heavy (non-hydrogen) atoms. The number of anilines is 2. The predicted molar refractivity (Wildman–Crippen MR) is 150 cm³/mol. The van der Waals surface area contributed by atoms with E-state index < -0.39 is 11.9 Å². The van der Waals surface area contributed by atoms with Gasteiger partial charge in [0, 0.05) is 23.5 Å². The van der Waals surface area contributed by atoms with Crippen LogP contribution in [0.4, 0.5) is 15.8 Å². The Kier molecular flexibility index (Phi) is 9.14. The molecule has 4 rings (SSSR count). The minimum absolute atomic E-state index is 0.150. The molecule has 204 valence electrons. The highest BCUT2D eigenvalue weighted by Gasteiger charge is 2.30. The highest BCUT2D eigenvalue weighted by atomic mass is 19.1. The van der Waals surface area contributed by atoms with Gasteiger partial charge in [-0.3, -0.25) is 14.6 Å². The molecule has 0 bridgehead atoms. The standard InChI is InChI=1S/C30H33FN4O4/c1-20(2)19-39-28-17-21(6-15-27(28)38-3)18-32-35-16-4-5-26(35)30(37)34-25-13-11-24(12-14-25)33-29(36)22-7-9-23(31)10-8-22/h6-15,17-18,20,26H,4-5,16,19H2,1-3H3,(H,33,36)(H,34,37)/b32-18+/t26-/m0/s1. The van der Waals surface area contributed by atoms with E-state index in [-0.39, 0.29) is 11.8 Å². The number of carbonyl (C=O) groups is 2. The number of hydrazone groups is 1. The van der Waals surface area contributed by atoms with E-state index in [0.29, 0.717) is 53.9 Å². The molecule has 0 aliphatic carbocycles. The maximum Gasteiger partial charge on any atom is 0.255 e. The Bertz CT molecular complexity index is 1310. The Morgan fingerprint density at radius 3 is 2.38 bits per heavy atom. The Hall–Kier alpha value is -4.40. The molecule has 1 aliphatic heterocycles. The molecule has 1 aliphatic rings. The van der Waals surface area contributed by atoms with E-state index in [1.54, 1.807) is 42.6 Å². The maximum absolute atomic E-state index is 13.1. The normalized spacial score (nSPS) is 15.0. The number of amides is 2. The topological polar surface area (TPSA) is 92.3 Å². The van der Waals surface area contributed by atoms with Crippen LogP contribution in [0.1, 0.15) is 42.6 Å². The number of rotatable bonds is 10. The zero-order chi connectivity index (χ0) is 27.8. The average molecular weight is 533 g/mol. The molecule has 0 radical (unpaired) electrons. The van der Waals surface area contributed by atoms with Gasteiger partial charge in [0.25, 0.3) is 5.91 Å². The number of methoxy groups -OCH3 is 1. The molecule has 1 fully saturated rings. The lowest BCUT2D eigenvalue weighted by atomic mass is 10.2. The first-order valence-corrected chi connectivity index (χ1v) is 12.9. The van der Waals surface area contributed by atoms with Crippen molar-refractivity contribution >= 4 is 29.4 Å². The Morgan fingerprint density at radius 2 is 1.72 bits per heavy atom. The molecule has 2 amide bonds. The molecular formula is C30H33FN4O4. The molecule has 0 spiro atoms. The van der Waals surface area contributed by atoms with Crippen LogP contribution in [0.2, 0.25) is 0 Å². The number of ether oxygens (including phenoxy) is 2. The molecule has 9 heteroatoms. The van der Waals surface area contributed by atoms with Gasteiger partial charge in [0.15, 0.2) is 11.5 Å². The van der Waals surface area contributed by atoms with Crippen LogP contribution in [0.15, 0.2) is 71.8 Å². The van der Waals surface area contributed by atoms with Crippen LogP contribution in [0, 0.1) is 11.7 Å². The van der Waals surface area contributed by atoms with E-state index in [1.165, 1.54) is 24.3 Å². The average Bonchev–Trinajstić information content (AvgIpc) is 3.41. The smallest absolute Gasteiger partial charge is 0.255 e. The van der Waals surface area contributed by atoms with Gasteiger partial charge < -0.3 is 20.1 Å². The van der Waals surface area contributed by atoms with Gasteiger partial charge in [-0.05, 0) is 91.1 Å². The lowest BCUT2D eigenvalue weighted by Gasteiger charge is -2.21. The highest BCUT2D eigenvalue weighted by Crippen LogP contribution is 2.28. The number of halogens is 1. The van der Waals surface area contributed by atoms with Crippen molar-refractivity contribution in [2.45, 2.75) is 32.7 Å². The van der Waals surface area contributed by atoms with Crippen LogP contribution < -0.4 is 20.1 Å². The SMILES string of the molecule is COc1ccc(/C=N/N2CCC[C@H]2C(=O)Nc2ccc(NC(=O)c3ccc(F)cc3)cc2)cc1OCC(C)C. The quantitative estimate of drug-likeness (QED) is 0.334. The van der Waals surface area contributed by atoms with E-state index in [0.717, 1.165) is 12.0 Å². The lowest BCUT2D eigenvalue weighted by molar-refractivity contribution is -0.120. The van der Waals surface area contributed by atoms with E-state index >= 15 is 0 Å². The van der Waals surface area contributed by atoms with Gasteiger partial charge >= 0.3 is 0 Å². The second-order valence-corrected chi connectivity index (χ2v) is 9.71. The van der Waals surface area contributed by atoms with Crippen molar-refractivity contribution in [3.63, 3.8) is 0 Å². The van der Waals surface area contributed by atoms with Gasteiger partial charge in [0.05, 0.1) is 19.9 Å². The minimum Gasteiger partial charge on any atom is -0.493 e. The van der Waals surface area contributed by atoms with Crippen molar-refractivity contribution in [3.8, 4) is 11.5 Å². The Labute approximate surface area is 227 Å². The fourth-order valence-electron chi connectivity index (χ4n) is 4.11. The molecule has 3 aromatic rings. The van der Waals surface area contributed by atoms with Crippen molar-refractivity contribution in [2.75, 3.05) is 30.9 Å². The summed E-state index contributed by atoms with van der Waals surface area (Å²) in [7, 11) is 1.61. The van der Waals surface area contributed by atoms with E-state index in [1.807, 2.05) is 18.2 Å². The molecular weight excluding hydrogens is 499 g/mol. The largest absolute Gasteiger partial charge is 0.493 e. The summed E-state index contributed by atoms with van der Waals surface area (Å²) < 4.78 is 24.4. The third-order valence-electron chi connectivity index (χ3n) is 6.16. The van der Waals surface area contributed by atoms with Crippen molar-refractivity contribution < 1.29 is 23.5 Å². The van der Waals surface area contributed by atoms with Gasteiger partial charge in [-0.1, -0.05) is 13.8 Å². The summed E-state index contributed by atoms with van der Waals surface area (Å²) in [6.07, 6.45) is 3.28. The molecule has 0 saturated carbocycles. The summed E-state index contributed by atoms with van der Waals surface area (Å²) in [5, 5.41) is 12.1. The van der Waals surface area contributed by atoms with Crippen LogP contribution in [0.3, 0.4) is 0 Å². The number of hydrogen-bond donors (Lipinski definition) is 2. The monoisotopic (exact) mass is 532 g/mol. The minimum atomic E-state index is -0.403. The fourth-order valence-corrected chi connectivity index (χ4v) is 4.11. The molecule has 3 aromatic carbocycles. The van der Waals surface area contributed by atoms with Gasteiger partial charge in [0.2, 0.25) is 5.91 Å². The third kappa shape index (κ3) is 7.56. The van der Waals surface area contributed by atoms with Crippen molar-refractivity contribution in [3.05, 3.63) is 83.7 Å². The predicted octanol–water partition coefficient (Wildman–Crippen LogP) is 5.56. The van der Waals surface area contributed by atoms with E-state index in [9.17, 15) is 14.0 Å². The van der Waals surface area contributed by atoms with Crippen LogP contribution in [-0.4, -0.2) is 49.3 Å². The van der Waals surface area contributed by atoms with Gasteiger partial charge in [0.1, 0.15) is 11.9 Å². The summed E-state index contributed by atoms with van der Waals surface area (Å²) in [6.45, 7) is 5.42. The number of nitrogens with zero attached hydrogens (tertiary/aromatic N) is 2. The molecule has 0 unspecified atom stereocenters. The zero-order valence-electron chi connectivity index (χ0n) is 22.3. The number of nitrogens with one attached hydrogen (secondary N) is 2. The van der Waals surface area contributed by atoms with Gasteiger partial charge in [-0.15, -0.1) is 0 Å². The molecule has 0 aromatic heterocycles. The first-order chi connectivity index (χ1) is 18.8. The van der Waals surface area contributed by atoms with Crippen LogP contribution in [0.25, 0.3) is 0 Å². The van der Waals surface area contributed by atoms with Crippen molar-refractivity contribution in [1.29, 1.82) is 0 Å². The second-order valence-electron chi connectivity index (χ2n) is 9.71. The highest BCUT2D eigenvalue weighted by molar-refractivity contribution is 6.04. The van der Waals surface area contributed by atoms with Crippen LogP contribution in [-0.2, 0) is 4.79 Å². The maximum atomic E-state index is 13.1. The number of carbonyl (C=O) groups excluding carboxylic acids is 2. The first-order valence-electron chi connectivity index (χ1n) is 12.9. The first kappa shape index (κ1) is 27.6. The van der Waals surface area contributed by atoms with E-state index in [4.69, 9.17) is 9.47 Å². The van der Waals surface area contributed by atoms with Crippen LogP contribution >= 0.6 is 0 Å². The second kappa shape index (κ2) is 12.9. The Balaban J connectivity index is 1.35. The third-order valence-corrected chi connectivity index (χ3v) is 6.16. The summed E-state index contributed by atoms with van der Waals surface area (Å²) >= 11 is 0.